The Morgan fingerprint density at radius 3 is 1.18 bits per heavy atom. The summed E-state index contributed by atoms with van der Waals surface area (Å²) >= 11 is 0. The maximum Gasteiger partial charge on any atom is 0.259 e. The molecule has 0 bridgehead atoms. The molecule has 0 spiro atoms. The summed E-state index contributed by atoms with van der Waals surface area (Å²) in [6.45, 7) is 11.6. The monoisotopic (exact) mass is 378 g/mol. The molecule has 2 aliphatic heterocycles. The van der Waals surface area contributed by atoms with Gasteiger partial charge in [0.25, 0.3) is 23.6 Å². The van der Waals surface area contributed by atoms with Crippen LogP contribution in [0.3, 0.4) is 0 Å². The molecule has 0 aliphatic carbocycles. The number of amides is 4. The van der Waals surface area contributed by atoms with Gasteiger partial charge in [0.1, 0.15) is 0 Å². The minimum absolute atomic E-state index is 0.327. The normalized spacial score (nSPS) is 16.4. The van der Waals surface area contributed by atoms with Crippen LogP contribution in [0.15, 0.2) is 12.1 Å². The van der Waals surface area contributed by atoms with Gasteiger partial charge in [0.2, 0.25) is 0 Å². The van der Waals surface area contributed by atoms with Crippen LogP contribution in [0.25, 0.3) is 10.8 Å². The van der Waals surface area contributed by atoms with E-state index in [9.17, 15) is 19.2 Å². The van der Waals surface area contributed by atoms with Crippen LogP contribution in [-0.2, 0) is 10.8 Å². The summed E-state index contributed by atoms with van der Waals surface area (Å²) in [6, 6.07) is 3.38. The SMILES string of the molecule is CC(C)(C)c1cc2c3c(c(C(C)(C)C)cc4c3c1C(=O)NC4=O)C(=O)NC2=O. The van der Waals surface area contributed by atoms with Crippen LogP contribution >= 0.6 is 0 Å². The maximum atomic E-state index is 12.8. The molecule has 2 aromatic rings. The number of benzene rings is 2. The number of imide groups is 2. The summed E-state index contributed by atoms with van der Waals surface area (Å²) in [5.41, 5.74) is 1.83. The molecular weight excluding hydrogens is 356 g/mol. The molecule has 0 unspecified atom stereocenters. The van der Waals surface area contributed by atoms with Crippen LogP contribution < -0.4 is 10.6 Å². The minimum atomic E-state index is -0.509. The van der Waals surface area contributed by atoms with Crippen LogP contribution in [0.2, 0.25) is 0 Å². The fraction of sp³-hybridized carbons (Fsp3) is 0.364. The molecular formula is C22H22N2O4. The van der Waals surface area contributed by atoms with Crippen molar-refractivity contribution >= 4 is 34.4 Å². The molecule has 0 atom stereocenters. The van der Waals surface area contributed by atoms with Crippen molar-refractivity contribution in [3.05, 3.63) is 45.5 Å². The standard InChI is InChI=1S/C22H22N2O4/c1-21(2,3)11-7-9-14-13-10(18(26)23-19(27)15(11)13)8-12(22(4,5)6)16(14)20(28)24-17(9)25/h7-8H,1-6H3,(H,23,26,27)(H,24,25,28). The first kappa shape index (κ1) is 18.3. The lowest BCUT2D eigenvalue weighted by molar-refractivity contribution is 0.0821. The summed E-state index contributed by atoms with van der Waals surface area (Å²) in [5.74, 6) is -2.02. The van der Waals surface area contributed by atoms with Gasteiger partial charge in [-0.2, -0.15) is 0 Å². The largest absolute Gasteiger partial charge is 0.288 e. The molecule has 6 nitrogen and oxygen atoms in total. The van der Waals surface area contributed by atoms with Crippen molar-refractivity contribution < 1.29 is 19.2 Å². The first-order valence-corrected chi connectivity index (χ1v) is 9.22. The zero-order chi connectivity index (χ0) is 20.8. The van der Waals surface area contributed by atoms with Crippen molar-refractivity contribution in [2.45, 2.75) is 52.4 Å². The highest BCUT2D eigenvalue weighted by atomic mass is 16.2. The Bertz CT molecular complexity index is 1050. The number of carbonyl (C=O) groups is 4. The van der Waals surface area contributed by atoms with Crippen LogP contribution in [0.4, 0.5) is 0 Å². The maximum absolute atomic E-state index is 12.8. The predicted molar refractivity (Wildman–Crippen MR) is 105 cm³/mol. The Morgan fingerprint density at radius 1 is 0.571 bits per heavy atom. The molecule has 0 saturated carbocycles. The molecule has 0 fully saturated rings. The lowest BCUT2D eigenvalue weighted by Gasteiger charge is -2.33. The quantitative estimate of drug-likeness (QED) is 0.689. The van der Waals surface area contributed by atoms with Gasteiger partial charge >= 0.3 is 0 Å². The molecule has 4 rings (SSSR count). The lowest BCUT2D eigenvalue weighted by atomic mass is 9.73. The van der Waals surface area contributed by atoms with Crippen molar-refractivity contribution in [3.8, 4) is 0 Å². The first-order chi connectivity index (χ1) is 12.8. The zero-order valence-electron chi connectivity index (χ0n) is 16.8. The molecule has 0 radical (unpaired) electrons. The van der Waals surface area contributed by atoms with Crippen LogP contribution in [0, 0.1) is 0 Å². The van der Waals surface area contributed by atoms with Crippen molar-refractivity contribution in [2.24, 2.45) is 0 Å². The molecule has 28 heavy (non-hydrogen) atoms. The van der Waals surface area contributed by atoms with Crippen molar-refractivity contribution in [3.63, 3.8) is 0 Å². The fourth-order valence-corrected chi connectivity index (χ4v) is 4.11. The molecule has 6 heteroatoms. The van der Waals surface area contributed by atoms with Gasteiger partial charge in [-0.3, -0.25) is 29.8 Å². The van der Waals surface area contributed by atoms with Gasteiger partial charge in [0.05, 0.1) is 11.1 Å². The van der Waals surface area contributed by atoms with E-state index in [0.29, 0.717) is 44.2 Å². The number of nitrogens with one attached hydrogen (secondary N) is 2. The Hall–Kier alpha value is -3.02. The van der Waals surface area contributed by atoms with E-state index in [1.165, 1.54) is 0 Å². The molecule has 0 aromatic heterocycles. The summed E-state index contributed by atoms with van der Waals surface area (Å²) in [5, 5.41) is 5.65. The van der Waals surface area contributed by atoms with E-state index in [4.69, 9.17) is 0 Å². The topological polar surface area (TPSA) is 92.3 Å². The van der Waals surface area contributed by atoms with E-state index in [-0.39, 0.29) is 0 Å². The van der Waals surface area contributed by atoms with E-state index in [2.05, 4.69) is 10.6 Å². The first-order valence-electron chi connectivity index (χ1n) is 9.22. The second kappa shape index (κ2) is 5.28. The molecule has 2 N–H and O–H groups in total. The van der Waals surface area contributed by atoms with Crippen molar-refractivity contribution in [1.82, 2.24) is 10.6 Å². The van der Waals surface area contributed by atoms with E-state index < -0.39 is 34.5 Å². The van der Waals surface area contributed by atoms with E-state index in [1.807, 2.05) is 41.5 Å². The number of carbonyl (C=O) groups excluding carboxylic acids is 4. The Balaban J connectivity index is 2.35. The highest BCUT2D eigenvalue weighted by molar-refractivity contribution is 6.34. The second-order valence-electron chi connectivity index (χ2n) is 9.51. The highest BCUT2D eigenvalue weighted by Crippen LogP contribution is 2.43. The lowest BCUT2D eigenvalue weighted by Crippen LogP contribution is -2.41. The Labute approximate surface area is 162 Å². The second-order valence-corrected chi connectivity index (χ2v) is 9.51. The van der Waals surface area contributed by atoms with Crippen molar-refractivity contribution in [2.75, 3.05) is 0 Å². The number of hydrogen-bond acceptors (Lipinski definition) is 4. The summed E-state index contributed by atoms with van der Waals surface area (Å²) in [7, 11) is 0. The molecule has 2 aliphatic rings. The molecule has 0 saturated heterocycles. The van der Waals surface area contributed by atoms with Crippen LogP contribution in [-0.4, -0.2) is 23.6 Å². The minimum Gasteiger partial charge on any atom is -0.288 e. The Kier molecular flexibility index (Phi) is 3.46. The van der Waals surface area contributed by atoms with E-state index in [0.717, 1.165) is 0 Å². The number of rotatable bonds is 0. The average Bonchev–Trinajstić information content (AvgIpc) is 2.54. The molecule has 144 valence electrons. The van der Waals surface area contributed by atoms with Gasteiger partial charge < -0.3 is 0 Å². The third kappa shape index (κ3) is 2.33. The highest BCUT2D eigenvalue weighted by Gasteiger charge is 2.40. The van der Waals surface area contributed by atoms with Crippen LogP contribution in [0.1, 0.15) is 94.1 Å². The van der Waals surface area contributed by atoms with E-state index in [1.54, 1.807) is 12.1 Å². The van der Waals surface area contributed by atoms with Gasteiger partial charge in [-0.05, 0) is 34.1 Å². The number of hydrogen-bond donors (Lipinski definition) is 2. The summed E-state index contributed by atoms with van der Waals surface area (Å²) < 4.78 is 0. The molecule has 2 aromatic carbocycles. The van der Waals surface area contributed by atoms with E-state index >= 15 is 0 Å². The predicted octanol–water partition coefficient (Wildman–Crippen LogP) is 3.20. The third-order valence-corrected chi connectivity index (χ3v) is 5.42. The Morgan fingerprint density at radius 2 is 0.893 bits per heavy atom. The van der Waals surface area contributed by atoms with Gasteiger partial charge in [0.15, 0.2) is 0 Å². The van der Waals surface area contributed by atoms with Crippen molar-refractivity contribution in [1.29, 1.82) is 0 Å². The summed E-state index contributed by atoms with van der Waals surface area (Å²) in [6.07, 6.45) is 0. The van der Waals surface area contributed by atoms with Gasteiger partial charge in [-0.25, -0.2) is 0 Å². The summed E-state index contributed by atoms with van der Waals surface area (Å²) in [4.78, 5) is 51.0. The fourth-order valence-electron chi connectivity index (χ4n) is 4.11. The zero-order valence-corrected chi connectivity index (χ0v) is 16.8. The van der Waals surface area contributed by atoms with Gasteiger partial charge in [-0.15, -0.1) is 0 Å². The van der Waals surface area contributed by atoms with Gasteiger partial charge in [-0.1, -0.05) is 41.5 Å². The average molecular weight is 378 g/mol. The van der Waals surface area contributed by atoms with Crippen LogP contribution in [0.5, 0.6) is 0 Å². The third-order valence-electron chi connectivity index (χ3n) is 5.42. The molecule has 4 amide bonds. The smallest absolute Gasteiger partial charge is 0.259 e. The molecule has 2 heterocycles. The van der Waals surface area contributed by atoms with Gasteiger partial charge in [0, 0.05) is 21.9 Å².